The highest BCUT2D eigenvalue weighted by Crippen LogP contribution is 2.32. The lowest BCUT2D eigenvalue weighted by Crippen LogP contribution is -2.45. The Hall–Kier alpha value is -1.36. The van der Waals surface area contributed by atoms with Crippen molar-refractivity contribution in [3.8, 4) is 0 Å². The van der Waals surface area contributed by atoms with Crippen LogP contribution >= 0.6 is 11.3 Å². The first-order valence-corrected chi connectivity index (χ1v) is 7.25. The van der Waals surface area contributed by atoms with Crippen LogP contribution in [0.1, 0.15) is 39.9 Å². The van der Waals surface area contributed by atoms with Gasteiger partial charge in [0.2, 0.25) is 0 Å². The summed E-state index contributed by atoms with van der Waals surface area (Å²) in [6.07, 6.45) is 1.05. The Morgan fingerprint density at radius 2 is 1.89 bits per heavy atom. The standard InChI is InChI=1S/C14H19NO3S/c1-9-8-11(19-10(9)2)12(16)15-6-4-14(3,5-7-15)13(17)18/h8H,4-7H2,1-3H3,(H,17,18). The molecular weight excluding hydrogens is 262 g/mol. The van der Waals surface area contributed by atoms with Crippen LogP contribution in [0.4, 0.5) is 0 Å². The van der Waals surface area contributed by atoms with Gasteiger partial charge in [-0.1, -0.05) is 0 Å². The van der Waals surface area contributed by atoms with Gasteiger partial charge in [0.05, 0.1) is 10.3 Å². The van der Waals surface area contributed by atoms with E-state index in [0.717, 1.165) is 15.3 Å². The number of carboxylic acid groups (broad SMARTS) is 1. The van der Waals surface area contributed by atoms with Crippen LogP contribution in [0, 0.1) is 19.3 Å². The van der Waals surface area contributed by atoms with Gasteiger partial charge in [-0.2, -0.15) is 0 Å². The number of hydrogen-bond donors (Lipinski definition) is 1. The number of hydrogen-bond acceptors (Lipinski definition) is 3. The molecule has 0 bridgehead atoms. The zero-order valence-corrected chi connectivity index (χ0v) is 12.3. The molecule has 1 N–H and O–H groups in total. The number of rotatable bonds is 2. The Kier molecular flexibility index (Phi) is 3.67. The molecule has 0 unspecified atom stereocenters. The average Bonchev–Trinajstić information content (AvgIpc) is 2.69. The summed E-state index contributed by atoms with van der Waals surface area (Å²) in [7, 11) is 0. The molecule has 2 rings (SSSR count). The van der Waals surface area contributed by atoms with Gasteiger partial charge in [-0.15, -0.1) is 11.3 Å². The van der Waals surface area contributed by atoms with Gasteiger partial charge in [-0.3, -0.25) is 9.59 Å². The van der Waals surface area contributed by atoms with E-state index in [1.54, 1.807) is 11.8 Å². The molecule has 0 saturated carbocycles. The Labute approximate surface area is 117 Å². The Bertz CT molecular complexity index is 493. The van der Waals surface area contributed by atoms with E-state index >= 15 is 0 Å². The molecule has 104 valence electrons. The number of carbonyl (C=O) groups excluding carboxylic acids is 1. The number of piperidine rings is 1. The molecule has 1 aliphatic heterocycles. The molecule has 1 saturated heterocycles. The van der Waals surface area contributed by atoms with E-state index in [2.05, 4.69) is 0 Å². The van der Waals surface area contributed by atoms with E-state index in [0.29, 0.717) is 25.9 Å². The number of nitrogens with zero attached hydrogens (tertiary/aromatic N) is 1. The number of aliphatic carboxylic acids is 1. The largest absolute Gasteiger partial charge is 0.481 e. The van der Waals surface area contributed by atoms with E-state index in [4.69, 9.17) is 0 Å². The number of likely N-dealkylation sites (tertiary alicyclic amines) is 1. The molecule has 0 spiro atoms. The molecule has 0 aliphatic carbocycles. The number of amides is 1. The maximum atomic E-state index is 12.3. The highest BCUT2D eigenvalue weighted by molar-refractivity contribution is 7.14. The van der Waals surface area contributed by atoms with Crippen molar-refractivity contribution >= 4 is 23.2 Å². The third kappa shape index (κ3) is 2.66. The fourth-order valence-corrected chi connectivity index (χ4v) is 3.25. The van der Waals surface area contributed by atoms with Crippen LogP contribution in [0.25, 0.3) is 0 Å². The third-order valence-electron chi connectivity index (χ3n) is 4.05. The Morgan fingerprint density at radius 3 is 2.32 bits per heavy atom. The van der Waals surface area contributed by atoms with Gasteiger partial charge in [0, 0.05) is 18.0 Å². The van der Waals surface area contributed by atoms with Crippen molar-refractivity contribution in [2.75, 3.05) is 13.1 Å². The molecule has 1 aromatic rings. The summed E-state index contributed by atoms with van der Waals surface area (Å²) in [6, 6.07) is 1.92. The minimum absolute atomic E-state index is 0.0358. The lowest BCUT2D eigenvalue weighted by Gasteiger charge is -2.36. The van der Waals surface area contributed by atoms with Crippen LogP contribution in [0.5, 0.6) is 0 Å². The monoisotopic (exact) mass is 281 g/mol. The van der Waals surface area contributed by atoms with Crippen LogP contribution in [0.15, 0.2) is 6.07 Å². The summed E-state index contributed by atoms with van der Waals surface area (Å²) in [4.78, 5) is 27.2. The zero-order chi connectivity index (χ0) is 14.2. The summed E-state index contributed by atoms with van der Waals surface area (Å²) in [5.74, 6) is -0.726. The van der Waals surface area contributed by atoms with Gasteiger partial charge in [0.1, 0.15) is 0 Å². The zero-order valence-electron chi connectivity index (χ0n) is 11.5. The van der Waals surface area contributed by atoms with Gasteiger partial charge in [0.25, 0.3) is 5.91 Å². The van der Waals surface area contributed by atoms with Crippen molar-refractivity contribution in [1.82, 2.24) is 4.90 Å². The quantitative estimate of drug-likeness (QED) is 0.906. The molecule has 0 radical (unpaired) electrons. The van der Waals surface area contributed by atoms with Crippen LogP contribution in [0.2, 0.25) is 0 Å². The van der Waals surface area contributed by atoms with E-state index in [-0.39, 0.29) is 5.91 Å². The second-order valence-electron chi connectivity index (χ2n) is 5.51. The summed E-state index contributed by atoms with van der Waals surface area (Å²) in [6.45, 7) is 6.82. The minimum Gasteiger partial charge on any atom is -0.481 e. The first kappa shape index (κ1) is 14.1. The first-order chi connectivity index (χ1) is 8.83. The summed E-state index contributed by atoms with van der Waals surface area (Å²) in [5, 5.41) is 9.18. The molecule has 0 atom stereocenters. The lowest BCUT2D eigenvalue weighted by molar-refractivity contribution is -0.150. The lowest BCUT2D eigenvalue weighted by atomic mass is 9.80. The van der Waals surface area contributed by atoms with Gasteiger partial charge < -0.3 is 10.0 Å². The van der Waals surface area contributed by atoms with Crippen LogP contribution in [-0.4, -0.2) is 35.0 Å². The van der Waals surface area contributed by atoms with Gasteiger partial charge in [0.15, 0.2) is 0 Å². The second kappa shape index (κ2) is 4.96. The van der Waals surface area contributed by atoms with Gasteiger partial charge in [-0.05, 0) is 45.2 Å². The number of thiophene rings is 1. The Balaban J connectivity index is 2.06. The maximum absolute atomic E-state index is 12.3. The highest BCUT2D eigenvalue weighted by atomic mass is 32.1. The SMILES string of the molecule is Cc1cc(C(=O)N2CCC(C)(C(=O)O)CC2)sc1C. The van der Waals surface area contributed by atoms with Crippen LogP contribution < -0.4 is 0 Å². The van der Waals surface area contributed by atoms with Crippen molar-refractivity contribution in [3.05, 3.63) is 21.4 Å². The topological polar surface area (TPSA) is 57.6 Å². The maximum Gasteiger partial charge on any atom is 0.309 e. The van der Waals surface area contributed by atoms with Crippen molar-refractivity contribution in [3.63, 3.8) is 0 Å². The van der Waals surface area contributed by atoms with Crippen molar-refractivity contribution in [1.29, 1.82) is 0 Å². The van der Waals surface area contributed by atoms with E-state index < -0.39 is 11.4 Å². The predicted molar refractivity (Wildman–Crippen MR) is 74.7 cm³/mol. The molecule has 2 heterocycles. The number of aryl methyl sites for hydroxylation is 2. The Morgan fingerprint density at radius 1 is 1.32 bits per heavy atom. The normalized spacial score (nSPS) is 18.4. The van der Waals surface area contributed by atoms with Crippen LogP contribution in [-0.2, 0) is 4.79 Å². The predicted octanol–water partition coefficient (Wildman–Crippen LogP) is 2.69. The third-order valence-corrected chi connectivity index (χ3v) is 5.19. The van der Waals surface area contributed by atoms with Crippen molar-refractivity contribution < 1.29 is 14.7 Å². The summed E-state index contributed by atoms with van der Waals surface area (Å²) < 4.78 is 0. The summed E-state index contributed by atoms with van der Waals surface area (Å²) in [5.41, 5.74) is 0.457. The molecule has 19 heavy (non-hydrogen) atoms. The summed E-state index contributed by atoms with van der Waals surface area (Å²) >= 11 is 1.51. The van der Waals surface area contributed by atoms with Gasteiger partial charge in [-0.25, -0.2) is 0 Å². The molecule has 1 aliphatic rings. The molecule has 5 heteroatoms. The highest BCUT2D eigenvalue weighted by Gasteiger charge is 2.38. The van der Waals surface area contributed by atoms with Crippen molar-refractivity contribution in [2.24, 2.45) is 5.41 Å². The van der Waals surface area contributed by atoms with E-state index in [9.17, 15) is 14.7 Å². The first-order valence-electron chi connectivity index (χ1n) is 6.43. The molecule has 4 nitrogen and oxygen atoms in total. The number of carboxylic acids is 1. The van der Waals surface area contributed by atoms with Crippen LogP contribution in [0.3, 0.4) is 0 Å². The second-order valence-corrected chi connectivity index (χ2v) is 6.76. The molecule has 1 aromatic heterocycles. The fraction of sp³-hybridized carbons (Fsp3) is 0.571. The molecule has 1 amide bonds. The molecule has 1 fully saturated rings. The fourth-order valence-electron chi connectivity index (χ4n) is 2.25. The average molecular weight is 281 g/mol. The van der Waals surface area contributed by atoms with Crippen molar-refractivity contribution in [2.45, 2.75) is 33.6 Å². The minimum atomic E-state index is -0.762. The molecular formula is C14H19NO3S. The van der Waals surface area contributed by atoms with Gasteiger partial charge >= 0.3 is 5.97 Å². The number of carbonyl (C=O) groups is 2. The smallest absolute Gasteiger partial charge is 0.309 e. The molecule has 0 aromatic carbocycles. The van der Waals surface area contributed by atoms with E-state index in [1.807, 2.05) is 19.9 Å². The van der Waals surface area contributed by atoms with E-state index in [1.165, 1.54) is 11.3 Å².